The van der Waals surface area contributed by atoms with Crippen LogP contribution in [0.2, 0.25) is 5.02 Å². The quantitative estimate of drug-likeness (QED) is 0.932. The van der Waals surface area contributed by atoms with E-state index in [1.807, 2.05) is 30.3 Å². The van der Waals surface area contributed by atoms with Crippen molar-refractivity contribution in [1.29, 1.82) is 0 Å². The van der Waals surface area contributed by atoms with E-state index in [-0.39, 0.29) is 5.91 Å². The maximum Gasteiger partial charge on any atom is 0.225 e. The molecule has 4 nitrogen and oxygen atoms in total. The molecule has 3 rings (SSSR count). The Morgan fingerprint density at radius 3 is 2.96 bits per heavy atom. The molecule has 0 aromatic heterocycles. The molecule has 2 aromatic carbocycles. The van der Waals surface area contributed by atoms with E-state index in [0.717, 1.165) is 24.5 Å². The number of benzene rings is 2. The molecule has 1 aliphatic rings. The SMILES string of the molecule is O=C(CCN1CCOc2ccccc2C1)Nc1cccc(Cl)c1. The molecule has 0 bridgehead atoms. The zero-order valence-electron chi connectivity index (χ0n) is 12.8. The molecule has 0 aliphatic carbocycles. The van der Waals surface area contributed by atoms with Crippen molar-refractivity contribution in [3.63, 3.8) is 0 Å². The number of hydrogen-bond acceptors (Lipinski definition) is 3. The minimum Gasteiger partial charge on any atom is -0.492 e. The van der Waals surface area contributed by atoms with Crippen molar-refractivity contribution in [1.82, 2.24) is 4.90 Å². The van der Waals surface area contributed by atoms with Gasteiger partial charge in [0.05, 0.1) is 0 Å². The molecule has 1 aliphatic heterocycles. The van der Waals surface area contributed by atoms with Crippen LogP contribution in [0, 0.1) is 0 Å². The van der Waals surface area contributed by atoms with Crippen LogP contribution in [0.3, 0.4) is 0 Å². The summed E-state index contributed by atoms with van der Waals surface area (Å²) in [5, 5.41) is 3.49. The fourth-order valence-electron chi connectivity index (χ4n) is 2.62. The summed E-state index contributed by atoms with van der Waals surface area (Å²) >= 11 is 5.92. The van der Waals surface area contributed by atoms with E-state index in [4.69, 9.17) is 16.3 Å². The van der Waals surface area contributed by atoms with Crippen molar-refractivity contribution in [2.24, 2.45) is 0 Å². The van der Waals surface area contributed by atoms with Gasteiger partial charge in [-0.1, -0.05) is 35.9 Å². The van der Waals surface area contributed by atoms with Crippen LogP contribution in [0.4, 0.5) is 5.69 Å². The molecular weight excluding hydrogens is 312 g/mol. The molecule has 0 spiro atoms. The van der Waals surface area contributed by atoms with Gasteiger partial charge in [0.15, 0.2) is 0 Å². The minimum absolute atomic E-state index is 0.00860. The Morgan fingerprint density at radius 1 is 1.22 bits per heavy atom. The molecule has 120 valence electrons. The van der Waals surface area contributed by atoms with Crippen molar-refractivity contribution in [2.75, 3.05) is 25.0 Å². The van der Waals surface area contributed by atoms with Gasteiger partial charge in [0.25, 0.3) is 0 Å². The topological polar surface area (TPSA) is 41.6 Å². The largest absolute Gasteiger partial charge is 0.492 e. The van der Waals surface area contributed by atoms with Gasteiger partial charge in [-0.05, 0) is 24.3 Å². The smallest absolute Gasteiger partial charge is 0.225 e. The van der Waals surface area contributed by atoms with Gasteiger partial charge in [0.2, 0.25) is 5.91 Å². The number of ether oxygens (including phenoxy) is 1. The summed E-state index contributed by atoms with van der Waals surface area (Å²) in [7, 11) is 0. The fourth-order valence-corrected chi connectivity index (χ4v) is 2.81. The van der Waals surface area contributed by atoms with Crippen molar-refractivity contribution >= 4 is 23.2 Å². The molecule has 5 heteroatoms. The summed E-state index contributed by atoms with van der Waals surface area (Å²) in [6.45, 7) is 2.97. The summed E-state index contributed by atoms with van der Waals surface area (Å²) < 4.78 is 5.74. The lowest BCUT2D eigenvalue weighted by Gasteiger charge is -2.18. The molecule has 1 N–H and O–H groups in total. The number of amides is 1. The normalized spacial score (nSPS) is 14.5. The average Bonchev–Trinajstić information content (AvgIpc) is 2.75. The molecule has 23 heavy (non-hydrogen) atoms. The van der Waals surface area contributed by atoms with Gasteiger partial charge >= 0.3 is 0 Å². The number of nitrogens with zero attached hydrogens (tertiary/aromatic N) is 1. The Balaban J connectivity index is 1.53. The van der Waals surface area contributed by atoms with Crippen LogP contribution in [0.25, 0.3) is 0 Å². The number of anilines is 1. The van der Waals surface area contributed by atoms with Crippen LogP contribution in [0.15, 0.2) is 48.5 Å². The first-order chi connectivity index (χ1) is 11.2. The van der Waals surface area contributed by atoms with Crippen LogP contribution >= 0.6 is 11.6 Å². The maximum absolute atomic E-state index is 12.1. The monoisotopic (exact) mass is 330 g/mol. The maximum atomic E-state index is 12.1. The number of carbonyl (C=O) groups is 1. The zero-order chi connectivity index (χ0) is 16.1. The molecule has 1 heterocycles. The first kappa shape index (κ1) is 15.8. The Hall–Kier alpha value is -2.04. The molecule has 0 fully saturated rings. The van der Waals surface area contributed by atoms with E-state index >= 15 is 0 Å². The standard InChI is InChI=1S/C18H19ClN2O2/c19-15-5-3-6-16(12-15)20-18(22)8-9-21-10-11-23-17-7-2-1-4-14(17)13-21/h1-7,12H,8-11,13H2,(H,20,22). The number of fused-ring (bicyclic) bond motifs is 1. The Kier molecular flexibility index (Phi) is 5.16. The number of rotatable bonds is 4. The van der Waals surface area contributed by atoms with E-state index in [0.29, 0.717) is 24.6 Å². The molecule has 0 radical (unpaired) electrons. The predicted molar refractivity (Wildman–Crippen MR) is 91.9 cm³/mol. The molecule has 0 unspecified atom stereocenters. The van der Waals surface area contributed by atoms with Crippen molar-refractivity contribution in [2.45, 2.75) is 13.0 Å². The van der Waals surface area contributed by atoms with E-state index < -0.39 is 0 Å². The Bertz CT molecular complexity index is 690. The average molecular weight is 331 g/mol. The van der Waals surface area contributed by atoms with E-state index in [2.05, 4.69) is 16.3 Å². The number of hydrogen-bond donors (Lipinski definition) is 1. The van der Waals surface area contributed by atoms with Gasteiger partial charge in [-0.2, -0.15) is 0 Å². The van der Waals surface area contributed by atoms with Crippen molar-refractivity contribution in [3.8, 4) is 5.75 Å². The highest BCUT2D eigenvalue weighted by Crippen LogP contribution is 2.22. The predicted octanol–water partition coefficient (Wildman–Crippen LogP) is 3.56. The summed E-state index contributed by atoms with van der Waals surface area (Å²) in [4.78, 5) is 14.3. The second kappa shape index (κ2) is 7.49. The number of carbonyl (C=O) groups excluding carboxylic acids is 1. The third kappa shape index (κ3) is 4.47. The minimum atomic E-state index is -0.00860. The van der Waals surface area contributed by atoms with Gasteiger partial charge in [0, 0.05) is 42.3 Å². The van der Waals surface area contributed by atoms with Crippen LogP contribution in [0.1, 0.15) is 12.0 Å². The van der Waals surface area contributed by atoms with Gasteiger partial charge in [0.1, 0.15) is 12.4 Å². The van der Waals surface area contributed by atoms with E-state index in [1.165, 1.54) is 5.56 Å². The molecule has 0 saturated carbocycles. The number of para-hydroxylation sites is 1. The van der Waals surface area contributed by atoms with E-state index in [1.54, 1.807) is 12.1 Å². The van der Waals surface area contributed by atoms with Gasteiger partial charge < -0.3 is 10.1 Å². The van der Waals surface area contributed by atoms with Crippen LogP contribution in [0.5, 0.6) is 5.75 Å². The fraction of sp³-hybridized carbons (Fsp3) is 0.278. The summed E-state index contributed by atoms with van der Waals surface area (Å²) in [6, 6.07) is 15.2. The lowest BCUT2D eigenvalue weighted by Crippen LogP contribution is -2.29. The lowest BCUT2D eigenvalue weighted by atomic mass is 10.2. The second-order valence-corrected chi connectivity index (χ2v) is 5.98. The van der Waals surface area contributed by atoms with Gasteiger partial charge in [-0.25, -0.2) is 0 Å². The van der Waals surface area contributed by atoms with Gasteiger partial charge in [-0.15, -0.1) is 0 Å². The lowest BCUT2D eigenvalue weighted by molar-refractivity contribution is -0.116. The van der Waals surface area contributed by atoms with Crippen LogP contribution in [-0.4, -0.2) is 30.5 Å². The molecule has 2 aromatic rings. The highest BCUT2D eigenvalue weighted by Gasteiger charge is 2.15. The van der Waals surface area contributed by atoms with Crippen LogP contribution in [-0.2, 0) is 11.3 Å². The highest BCUT2D eigenvalue weighted by molar-refractivity contribution is 6.30. The zero-order valence-corrected chi connectivity index (χ0v) is 13.6. The molecule has 0 saturated heterocycles. The third-order valence-electron chi connectivity index (χ3n) is 3.80. The highest BCUT2D eigenvalue weighted by atomic mass is 35.5. The van der Waals surface area contributed by atoms with Gasteiger partial charge in [-0.3, -0.25) is 9.69 Å². The number of halogens is 1. The molecular formula is C18H19ClN2O2. The summed E-state index contributed by atoms with van der Waals surface area (Å²) in [6.07, 6.45) is 0.439. The van der Waals surface area contributed by atoms with Crippen LogP contribution < -0.4 is 10.1 Å². The number of nitrogens with one attached hydrogen (secondary N) is 1. The Morgan fingerprint density at radius 2 is 2.09 bits per heavy atom. The third-order valence-corrected chi connectivity index (χ3v) is 4.03. The summed E-state index contributed by atoms with van der Waals surface area (Å²) in [5.74, 6) is 0.934. The first-order valence-electron chi connectivity index (χ1n) is 7.69. The summed E-state index contributed by atoms with van der Waals surface area (Å²) in [5.41, 5.74) is 1.90. The Labute approximate surface area is 141 Å². The first-order valence-corrected chi connectivity index (χ1v) is 8.07. The van der Waals surface area contributed by atoms with Crippen molar-refractivity contribution < 1.29 is 9.53 Å². The molecule has 0 atom stereocenters. The second-order valence-electron chi connectivity index (χ2n) is 5.54. The van der Waals surface area contributed by atoms with E-state index in [9.17, 15) is 4.79 Å². The van der Waals surface area contributed by atoms with Crippen molar-refractivity contribution in [3.05, 3.63) is 59.1 Å². The molecule has 1 amide bonds.